The lowest BCUT2D eigenvalue weighted by Crippen LogP contribution is -2.40. The zero-order chi connectivity index (χ0) is 57.6. The predicted octanol–water partition coefficient (Wildman–Crippen LogP) is 20.8. The Balaban J connectivity index is 3.87. The Labute approximate surface area is 490 Å². The molecular formula is C70H132NO8+. The molecule has 0 heterocycles. The van der Waals surface area contributed by atoms with E-state index in [0.29, 0.717) is 17.4 Å². The van der Waals surface area contributed by atoms with Crippen molar-refractivity contribution in [3.8, 4) is 0 Å². The highest BCUT2D eigenvalue weighted by molar-refractivity contribution is 5.71. The van der Waals surface area contributed by atoms with Gasteiger partial charge in [0.2, 0.25) is 0 Å². The van der Waals surface area contributed by atoms with Gasteiger partial charge in [-0.15, -0.1) is 0 Å². The van der Waals surface area contributed by atoms with Crippen molar-refractivity contribution in [2.45, 2.75) is 347 Å². The molecule has 2 atom stereocenters. The first-order chi connectivity index (χ1) is 38.6. The Morgan fingerprint density at radius 1 is 0.380 bits per heavy atom. The van der Waals surface area contributed by atoms with Gasteiger partial charge in [-0.05, 0) is 70.6 Å². The van der Waals surface area contributed by atoms with Crippen LogP contribution in [0.25, 0.3) is 0 Å². The van der Waals surface area contributed by atoms with E-state index in [0.717, 1.165) is 64.2 Å². The Hall–Kier alpha value is -2.49. The molecule has 0 spiro atoms. The average molecular weight is 1120 g/mol. The van der Waals surface area contributed by atoms with E-state index >= 15 is 0 Å². The lowest BCUT2D eigenvalue weighted by Gasteiger charge is -2.25. The molecule has 0 aliphatic rings. The number of ether oxygens (including phenoxy) is 4. The summed E-state index contributed by atoms with van der Waals surface area (Å²) < 4.78 is 22.9. The Morgan fingerprint density at radius 2 is 0.684 bits per heavy atom. The third-order valence-corrected chi connectivity index (χ3v) is 15.4. The minimum Gasteiger partial charge on any atom is -0.477 e. The van der Waals surface area contributed by atoms with Gasteiger partial charge in [0.15, 0.2) is 6.10 Å². The number of allylic oxidation sites excluding steroid dienone is 6. The number of quaternary nitrogens is 1. The van der Waals surface area contributed by atoms with E-state index in [-0.39, 0.29) is 38.2 Å². The number of aliphatic carboxylic acids is 1. The number of nitrogens with zero attached hydrogens (tertiary/aromatic N) is 1. The van der Waals surface area contributed by atoms with Crippen LogP contribution in [-0.4, -0.2) is 87.4 Å². The smallest absolute Gasteiger partial charge is 0.361 e. The highest BCUT2D eigenvalue weighted by atomic mass is 16.7. The van der Waals surface area contributed by atoms with Crippen molar-refractivity contribution in [2.75, 3.05) is 47.5 Å². The summed E-state index contributed by atoms with van der Waals surface area (Å²) in [6.45, 7) is 4.88. The highest BCUT2D eigenvalue weighted by Gasteiger charge is 2.25. The molecule has 0 aliphatic carbocycles. The van der Waals surface area contributed by atoms with Gasteiger partial charge in [-0.1, -0.05) is 288 Å². The summed E-state index contributed by atoms with van der Waals surface area (Å²) >= 11 is 0. The molecule has 0 saturated carbocycles. The first-order valence-corrected chi connectivity index (χ1v) is 34.2. The molecular weight excluding hydrogens is 983 g/mol. The molecule has 0 amide bonds. The maximum Gasteiger partial charge on any atom is 0.361 e. The molecule has 0 bridgehead atoms. The van der Waals surface area contributed by atoms with Crippen LogP contribution in [0.4, 0.5) is 0 Å². The van der Waals surface area contributed by atoms with Crippen molar-refractivity contribution < 1.29 is 42.9 Å². The van der Waals surface area contributed by atoms with Crippen molar-refractivity contribution in [3.05, 3.63) is 36.5 Å². The summed E-state index contributed by atoms with van der Waals surface area (Å²) in [4.78, 5) is 37.4. The molecule has 79 heavy (non-hydrogen) atoms. The fourth-order valence-corrected chi connectivity index (χ4v) is 10.1. The molecule has 0 aliphatic heterocycles. The number of carbonyl (C=O) groups excluding carboxylic acids is 2. The second-order valence-electron chi connectivity index (χ2n) is 24.5. The topological polar surface area (TPSA) is 108 Å². The molecule has 0 fully saturated rings. The van der Waals surface area contributed by atoms with Crippen LogP contribution >= 0.6 is 0 Å². The van der Waals surface area contributed by atoms with Crippen LogP contribution in [-0.2, 0) is 33.3 Å². The van der Waals surface area contributed by atoms with Gasteiger partial charge >= 0.3 is 17.9 Å². The Kier molecular flexibility index (Phi) is 59.6. The molecule has 2 unspecified atom stereocenters. The molecule has 0 aromatic carbocycles. The standard InChI is InChI=1S/C70H131NO8/c1-6-8-10-12-14-16-18-20-21-22-23-24-25-26-27-28-29-30-31-32-33-34-35-36-37-38-39-40-41-42-43-44-45-46-47-49-51-53-55-57-59-61-68(73)79-66(65-78-70(69(74)75)76-63-62-71(3,4)5)64-77-67(72)60-58-56-54-52-50-48-19-17-15-13-11-9-7-2/h17-20,22-23,66,70H,6-16,21,24-65H2,1-5H3/p+1/b19-17-,20-18-,23-22-. The van der Waals surface area contributed by atoms with Gasteiger partial charge in [0.25, 0.3) is 6.29 Å². The van der Waals surface area contributed by atoms with Crippen LogP contribution in [0.15, 0.2) is 36.5 Å². The third kappa shape index (κ3) is 63.0. The largest absolute Gasteiger partial charge is 0.477 e. The van der Waals surface area contributed by atoms with Gasteiger partial charge in [0, 0.05) is 12.8 Å². The van der Waals surface area contributed by atoms with Gasteiger partial charge in [-0.3, -0.25) is 9.59 Å². The fourth-order valence-electron chi connectivity index (χ4n) is 10.1. The number of hydrogen-bond acceptors (Lipinski definition) is 7. The quantitative estimate of drug-likeness (QED) is 0.0211. The second kappa shape index (κ2) is 61.6. The zero-order valence-corrected chi connectivity index (χ0v) is 53.1. The average Bonchev–Trinajstić information content (AvgIpc) is 3.42. The van der Waals surface area contributed by atoms with Crippen molar-refractivity contribution in [1.82, 2.24) is 0 Å². The zero-order valence-electron chi connectivity index (χ0n) is 53.1. The van der Waals surface area contributed by atoms with Crippen LogP contribution in [0.2, 0.25) is 0 Å². The molecule has 0 radical (unpaired) electrons. The number of likely N-dealkylation sites (N-methyl/N-ethyl adjacent to an activating group) is 1. The van der Waals surface area contributed by atoms with Gasteiger partial charge in [-0.25, -0.2) is 4.79 Å². The monoisotopic (exact) mass is 1110 g/mol. The fraction of sp³-hybridized carbons (Fsp3) is 0.871. The van der Waals surface area contributed by atoms with Crippen LogP contribution in [0.5, 0.6) is 0 Å². The normalized spacial score (nSPS) is 12.9. The van der Waals surface area contributed by atoms with E-state index < -0.39 is 18.4 Å². The van der Waals surface area contributed by atoms with Crippen molar-refractivity contribution >= 4 is 17.9 Å². The number of hydrogen-bond donors (Lipinski definition) is 1. The summed E-state index contributed by atoms with van der Waals surface area (Å²) in [6.07, 6.45) is 74.3. The first-order valence-electron chi connectivity index (χ1n) is 34.2. The summed E-state index contributed by atoms with van der Waals surface area (Å²) in [5.41, 5.74) is 0. The van der Waals surface area contributed by atoms with Gasteiger partial charge < -0.3 is 28.5 Å². The minimum atomic E-state index is -1.51. The molecule has 0 aromatic heterocycles. The summed E-state index contributed by atoms with van der Waals surface area (Å²) in [5.74, 6) is -2.00. The molecule has 0 rings (SSSR count). The minimum absolute atomic E-state index is 0.182. The SMILES string of the molecule is CCCCCC/C=C\CCCCCCCC(=O)OCC(COC(OCC[N+](C)(C)C)C(=O)O)OC(=O)CCCCCCCCCCCCCCCCCCCCCCCCCCCCCCC/C=C\C/C=C\CCCCCCC. The maximum atomic E-state index is 12.9. The Morgan fingerprint density at radius 3 is 1.03 bits per heavy atom. The number of esters is 2. The van der Waals surface area contributed by atoms with Crippen LogP contribution < -0.4 is 0 Å². The molecule has 9 heteroatoms. The van der Waals surface area contributed by atoms with E-state index in [1.165, 1.54) is 244 Å². The number of rotatable bonds is 64. The van der Waals surface area contributed by atoms with Crippen molar-refractivity contribution in [2.24, 2.45) is 0 Å². The second-order valence-corrected chi connectivity index (χ2v) is 24.5. The summed E-state index contributed by atoms with van der Waals surface area (Å²) in [6, 6.07) is 0. The van der Waals surface area contributed by atoms with Crippen molar-refractivity contribution in [3.63, 3.8) is 0 Å². The number of unbranched alkanes of at least 4 members (excludes halogenated alkanes) is 43. The van der Waals surface area contributed by atoms with E-state index in [4.69, 9.17) is 18.9 Å². The van der Waals surface area contributed by atoms with Crippen LogP contribution in [0.1, 0.15) is 335 Å². The molecule has 1 N–H and O–H groups in total. The highest BCUT2D eigenvalue weighted by Crippen LogP contribution is 2.18. The molecule has 464 valence electrons. The van der Waals surface area contributed by atoms with Crippen molar-refractivity contribution in [1.29, 1.82) is 0 Å². The van der Waals surface area contributed by atoms with Gasteiger partial charge in [-0.2, -0.15) is 0 Å². The van der Waals surface area contributed by atoms with E-state index in [2.05, 4.69) is 50.3 Å². The lowest BCUT2D eigenvalue weighted by atomic mass is 10.0. The molecule has 0 aromatic rings. The van der Waals surface area contributed by atoms with Gasteiger partial charge in [0.05, 0.1) is 34.4 Å². The molecule has 0 saturated heterocycles. The molecule has 9 nitrogen and oxygen atoms in total. The number of carboxylic acid groups (broad SMARTS) is 1. The Bertz CT molecular complexity index is 1390. The predicted molar refractivity (Wildman–Crippen MR) is 337 cm³/mol. The summed E-state index contributed by atoms with van der Waals surface area (Å²) in [7, 11) is 5.98. The van der Waals surface area contributed by atoms with E-state index in [1.54, 1.807) is 0 Å². The maximum absolute atomic E-state index is 12.9. The van der Waals surface area contributed by atoms with E-state index in [1.807, 2.05) is 21.1 Å². The summed E-state index contributed by atoms with van der Waals surface area (Å²) in [5, 5.41) is 9.70. The van der Waals surface area contributed by atoms with Crippen LogP contribution in [0.3, 0.4) is 0 Å². The number of carbonyl (C=O) groups is 3. The van der Waals surface area contributed by atoms with Crippen LogP contribution in [0, 0.1) is 0 Å². The lowest BCUT2D eigenvalue weighted by molar-refractivity contribution is -0.870. The first kappa shape index (κ1) is 76.5. The third-order valence-electron chi connectivity index (χ3n) is 15.4. The van der Waals surface area contributed by atoms with E-state index in [9.17, 15) is 19.5 Å². The van der Waals surface area contributed by atoms with Gasteiger partial charge in [0.1, 0.15) is 13.2 Å². The number of carboxylic acids is 1.